The molecule has 5 nitrogen and oxygen atoms in total. The van der Waals surface area contributed by atoms with E-state index in [1.807, 2.05) is 18.2 Å². The number of hydrogen-bond acceptors (Lipinski definition) is 3. The van der Waals surface area contributed by atoms with Crippen LogP contribution in [0.2, 0.25) is 0 Å². The minimum absolute atomic E-state index is 0.138. The number of nitrogens with zero attached hydrogens (tertiary/aromatic N) is 1. The van der Waals surface area contributed by atoms with Crippen LogP contribution in [0.1, 0.15) is 30.5 Å². The van der Waals surface area contributed by atoms with Crippen molar-refractivity contribution in [2.45, 2.75) is 30.7 Å². The second kappa shape index (κ2) is 6.37. The lowest BCUT2D eigenvalue weighted by Gasteiger charge is -2.25. The Morgan fingerprint density at radius 3 is 2.46 bits per heavy atom. The van der Waals surface area contributed by atoms with Gasteiger partial charge in [0, 0.05) is 19.7 Å². The maximum atomic E-state index is 12.9. The summed E-state index contributed by atoms with van der Waals surface area (Å²) in [5.74, 6) is -0.190. The van der Waals surface area contributed by atoms with E-state index < -0.39 is 10.0 Å². The lowest BCUT2D eigenvalue weighted by molar-refractivity contribution is -0.114. The van der Waals surface area contributed by atoms with E-state index in [1.165, 1.54) is 28.9 Å². The molecule has 1 aliphatic carbocycles. The fourth-order valence-corrected chi connectivity index (χ4v) is 4.53. The monoisotopic (exact) mass is 344 g/mol. The van der Waals surface area contributed by atoms with Crippen LogP contribution < -0.4 is 5.32 Å². The second-order valence-electron chi connectivity index (χ2n) is 5.98. The number of carbonyl (C=O) groups is 1. The summed E-state index contributed by atoms with van der Waals surface area (Å²) in [5, 5.41) is 2.63. The molecule has 1 aliphatic rings. The fraction of sp³-hybridized carbons (Fsp3) is 0.278. The first-order valence-corrected chi connectivity index (χ1v) is 9.27. The van der Waals surface area contributed by atoms with Gasteiger partial charge < -0.3 is 5.32 Å². The zero-order valence-electron chi connectivity index (χ0n) is 13.7. The molecule has 2 aromatic rings. The molecule has 0 aliphatic heterocycles. The fourth-order valence-electron chi connectivity index (χ4n) is 3.16. The largest absolute Gasteiger partial charge is 0.326 e. The Morgan fingerprint density at radius 1 is 1.12 bits per heavy atom. The van der Waals surface area contributed by atoms with E-state index in [9.17, 15) is 13.2 Å². The van der Waals surface area contributed by atoms with Gasteiger partial charge in [-0.25, -0.2) is 8.42 Å². The molecule has 0 spiro atoms. The summed E-state index contributed by atoms with van der Waals surface area (Å²) in [6.45, 7) is 1.41. The molecule has 1 N–H and O–H groups in total. The SMILES string of the molecule is CC(=O)Nc1ccc(S(=O)(=O)N(C)[C@H]2CCc3ccccc32)cc1. The third-order valence-electron chi connectivity index (χ3n) is 4.39. The second-order valence-corrected chi connectivity index (χ2v) is 7.98. The van der Waals surface area contributed by atoms with Gasteiger partial charge in [0.05, 0.1) is 10.9 Å². The summed E-state index contributed by atoms with van der Waals surface area (Å²) in [6.07, 6.45) is 1.68. The highest BCUT2D eigenvalue weighted by atomic mass is 32.2. The molecule has 1 atom stereocenters. The van der Waals surface area contributed by atoms with Crippen molar-refractivity contribution in [1.29, 1.82) is 0 Å². The van der Waals surface area contributed by atoms with E-state index in [0.29, 0.717) is 5.69 Å². The molecule has 2 aromatic carbocycles. The van der Waals surface area contributed by atoms with E-state index in [2.05, 4.69) is 11.4 Å². The summed E-state index contributed by atoms with van der Waals surface area (Å²) in [4.78, 5) is 11.3. The van der Waals surface area contributed by atoms with Crippen LogP contribution in [0.4, 0.5) is 5.69 Å². The van der Waals surface area contributed by atoms with Crippen LogP contribution in [-0.2, 0) is 21.2 Å². The Labute approximate surface area is 142 Å². The van der Waals surface area contributed by atoms with Gasteiger partial charge in [-0.15, -0.1) is 0 Å². The van der Waals surface area contributed by atoms with Gasteiger partial charge in [0.15, 0.2) is 0 Å². The van der Waals surface area contributed by atoms with Crippen LogP contribution in [0.5, 0.6) is 0 Å². The van der Waals surface area contributed by atoms with Crippen molar-refractivity contribution in [3.8, 4) is 0 Å². The average molecular weight is 344 g/mol. The van der Waals surface area contributed by atoms with Gasteiger partial charge in [0.2, 0.25) is 15.9 Å². The first-order valence-electron chi connectivity index (χ1n) is 7.83. The molecule has 0 saturated heterocycles. The van der Waals surface area contributed by atoms with Crippen LogP contribution in [-0.4, -0.2) is 25.7 Å². The van der Waals surface area contributed by atoms with Crippen LogP contribution in [0.3, 0.4) is 0 Å². The molecule has 3 rings (SSSR count). The molecule has 126 valence electrons. The molecule has 0 aromatic heterocycles. The van der Waals surface area contributed by atoms with Gasteiger partial charge in [-0.05, 0) is 48.2 Å². The van der Waals surface area contributed by atoms with Gasteiger partial charge >= 0.3 is 0 Å². The van der Waals surface area contributed by atoms with E-state index in [4.69, 9.17) is 0 Å². The lowest BCUT2D eigenvalue weighted by atomic mass is 10.1. The van der Waals surface area contributed by atoms with Crippen molar-refractivity contribution in [3.63, 3.8) is 0 Å². The number of sulfonamides is 1. The number of benzene rings is 2. The molecule has 0 bridgehead atoms. The predicted molar refractivity (Wildman–Crippen MR) is 93.2 cm³/mol. The van der Waals surface area contributed by atoms with Gasteiger partial charge in [0.25, 0.3) is 0 Å². The lowest BCUT2D eigenvalue weighted by Crippen LogP contribution is -2.30. The zero-order chi connectivity index (χ0) is 17.3. The number of nitrogens with one attached hydrogen (secondary N) is 1. The van der Waals surface area contributed by atoms with E-state index >= 15 is 0 Å². The molecule has 0 saturated carbocycles. The minimum Gasteiger partial charge on any atom is -0.326 e. The van der Waals surface area contributed by atoms with Crippen molar-refractivity contribution in [1.82, 2.24) is 4.31 Å². The van der Waals surface area contributed by atoms with Crippen LogP contribution in [0.15, 0.2) is 53.4 Å². The molecule has 6 heteroatoms. The third-order valence-corrected chi connectivity index (χ3v) is 6.27. The molecule has 0 heterocycles. The van der Waals surface area contributed by atoms with E-state index in [0.717, 1.165) is 18.4 Å². The molecule has 0 fully saturated rings. The maximum Gasteiger partial charge on any atom is 0.243 e. The number of carbonyl (C=O) groups excluding carboxylic acids is 1. The number of aryl methyl sites for hydroxylation is 1. The highest BCUT2D eigenvalue weighted by Crippen LogP contribution is 2.37. The average Bonchev–Trinajstić information content (AvgIpc) is 2.98. The zero-order valence-corrected chi connectivity index (χ0v) is 14.5. The van der Waals surface area contributed by atoms with Crippen molar-refractivity contribution in [2.75, 3.05) is 12.4 Å². The molecule has 24 heavy (non-hydrogen) atoms. The Hall–Kier alpha value is -2.18. The van der Waals surface area contributed by atoms with Crippen LogP contribution in [0.25, 0.3) is 0 Å². The molecular weight excluding hydrogens is 324 g/mol. The third kappa shape index (κ3) is 3.07. The van der Waals surface area contributed by atoms with Gasteiger partial charge in [0.1, 0.15) is 0 Å². The number of amides is 1. The Morgan fingerprint density at radius 2 is 1.79 bits per heavy atom. The molecule has 0 radical (unpaired) electrons. The number of hydrogen-bond donors (Lipinski definition) is 1. The first-order chi connectivity index (χ1) is 11.4. The van der Waals surface area contributed by atoms with Crippen LogP contribution >= 0.6 is 0 Å². The van der Waals surface area contributed by atoms with Crippen LogP contribution in [0, 0.1) is 0 Å². The summed E-state index contributed by atoms with van der Waals surface area (Å²) >= 11 is 0. The van der Waals surface area contributed by atoms with Crippen molar-refractivity contribution < 1.29 is 13.2 Å². The van der Waals surface area contributed by atoms with Gasteiger partial charge in [-0.3, -0.25) is 4.79 Å². The number of rotatable bonds is 4. The van der Waals surface area contributed by atoms with Crippen molar-refractivity contribution >= 4 is 21.6 Å². The number of anilines is 1. The molecular formula is C18H20N2O3S. The maximum absolute atomic E-state index is 12.9. The van der Waals surface area contributed by atoms with Gasteiger partial charge in [-0.1, -0.05) is 24.3 Å². The summed E-state index contributed by atoms with van der Waals surface area (Å²) in [7, 11) is -1.96. The summed E-state index contributed by atoms with van der Waals surface area (Å²) < 4.78 is 27.3. The molecule has 0 unspecified atom stereocenters. The first kappa shape index (κ1) is 16.7. The van der Waals surface area contributed by atoms with Crippen molar-refractivity contribution in [3.05, 3.63) is 59.7 Å². The summed E-state index contributed by atoms with van der Waals surface area (Å²) in [5.41, 5.74) is 2.87. The molecule has 1 amide bonds. The van der Waals surface area contributed by atoms with E-state index in [1.54, 1.807) is 19.2 Å². The summed E-state index contributed by atoms with van der Waals surface area (Å²) in [6, 6.07) is 14.1. The Balaban J connectivity index is 1.86. The van der Waals surface area contributed by atoms with E-state index in [-0.39, 0.29) is 16.8 Å². The minimum atomic E-state index is -3.59. The highest BCUT2D eigenvalue weighted by molar-refractivity contribution is 7.89. The normalized spacial score (nSPS) is 16.9. The Bertz CT molecular complexity index is 860. The Kier molecular flexibility index (Phi) is 4.43. The quantitative estimate of drug-likeness (QED) is 0.927. The predicted octanol–water partition coefficient (Wildman–Crippen LogP) is 2.95. The smallest absolute Gasteiger partial charge is 0.243 e. The highest BCUT2D eigenvalue weighted by Gasteiger charge is 2.33. The van der Waals surface area contributed by atoms with Crippen molar-refractivity contribution in [2.24, 2.45) is 0 Å². The van der Waals surface area contributed by atoms with Gasteiger partial charge in [-0.2, -0.15) is 4.31 Å². The number of fused-ring (bicyclic) bond motifs is 1. The topological polar surface area (TPSA) is 66.5 Å². The standard InChI is InChI=1S/C18H20N2O3S/c1-13(21)19-15-8-10-16(11-9-15)24(22,23)20(2)18-12-7-14-5-3-4-6-17(14)18/h3-6,8-11,18H,7,12H2,1-2H3,(H,19,21)/t18-/m0/s1.